The minimum Gasteiger partial charge on any atom is -0.507 e. The lowest BCUT2D eigenvalue weighted by atomic mass is 10.1. The van der Waals surface area contributed by atoms with Gasteiger partial charge in [0.1, 0.15) is 11.4 Å². The molecule has 0 unspecified atom stereocenters. The van der Waals surface area contributed by atoms with Crippen molar-refractivity contribution in [2.24, 2.45) is 4.99 Å². The lowest BCUT2D eigenvalue weighted by Crippen LogP contribution is -1.96. The zero-order valence-corrected chi connectivity index (χ0v) is 16.8. The van der Waals surface area contributed by atoms with Gasteiger partial charge in [-0.25, -0.2) is 4.99 Å². The molecule has 1 heterocycles. The number of aliphatic imine (C=N–C) groups is 1. The van der Waals surface area contributed by atoms with Gasteiger partial charge in [0, 0.05) is 26.8 Å². The van der Waals surface area contributed by atoms with Crippen LogP contribution in [0.25, 0.3) is 16.9 Å². The first-order chi connectivity index (χ1) is 13.6. The van der Waals surface area contributed by atoms with E-state index in [-0.39, 0.29) is 5.75 Å². The van der Waals surface area contributed by atoms with Crippen LogP contribution >= 0.6 is 27.5 Å². The smallest absolute Gasteiger partial charge is 0.184 e. The number of nitrogens with zero attached hydrogens (tertiary/aromatic N) is 4. The molecule has 0 saturated carbocycles. The van der Waals surface area contributed by atoms with Crippen molar-refractivity contribution in [3.8, 4) is 22.7 Å². The van der Waals surface area contributed by atoms with Crippen molar-refractivity contribution in [1.29, 1.82) is 0 Å². The Bertz CT molecular complexity index is 1140. The lowest BCUT2D eigenvalue weighted by molar-refractivity contribution is 0.474. The van der Waals surface area contributed by atoms with Crippen molar-refractivity contribution >= 4 is 39.6 Å². The Kier molecular flexibility index (Phi) is 5.23. The van der Waals surface area contributed by atoms with Crippen LogP contribution < -0.4 is 0 Å². The van der Waals surface area contributed by atoms with E-state index in [0.717, 1.165) is 15.7 Å². The molecule has 4 rings (SSSR count). The van der Waals surface area contributed by atoms with E-state index in [0.29, 0.717) is 22.1 Å². The number of hydrogen-bond donors (Lipinski definition) is 1. The molecule has 3 aromatic carbocycles. The summed E-state index contributed by atoms with van der Waals surface area (Å²) >= 11 is 9.34. The van der Waals surface area contributed by atoms with Crippen LogP contribution in [0.2, 0.25) is 5.02 Å². The van der Waals surface area contributed by atoms with Crippen molar-refractivity contribution in [2.45, 2.75) is 0 Å². The minimum atomic E-state index is 0.130. The maximum absolute atomic E-state index is 10.1. The molecule has 1 N–H and O–H groups in total. The molecule has 0 fully saturated rings. The molecule has 28 heavy (non-hydrogen) atoms. The highest BCUT2D eigenvalue weighted by molar-refractivity contribution is 9.10. The summed E-state index contributed by atoms with van der Waals surface area (Å²) in [5, 5.41) is 19.4. The second kappa shape index (κ2) is 7.96. The zero-order valence-electron chi connectivity index (χ0n) is 14.5. The Hall–Kier alpha value is -2.96. The van der Waals surface area contributed by atoms with Gasteiger partial charge in [-0.15, -0.1) is 5.10 Å². The van der Waals surface area contributed by atoms with Gasteiger partial charge in [-0.1, -0.05) is 63.1 Å². The van der Waals surface area contributed by atoms with Gasteiger partial charge in [0.15, 0.2) is 5.82 Å². The van der Waals surface area contributed by atoms with Gasteiger partial charge in [0.2, 0.25) is 0 Å². The summed E-state index contributed by atoms with van der Waals surface area (Å²) in [7, 11) is 0. The van der Waals surface area contributed by atoms with Crippen LogP contribution in [0, 0.1) is 0 Å². The molecule has 0 radical (unpaired) electrons. The average Bonchev–Trinajstić information content (AvgIpc) is 3.12. The highest BCUT2D eigenvalue weighted by atomic mass is 79.9. The summed E-state index contributed by atoms with van der Waals surface area (Å²) < 4.78 is 2.44. The summed E-state index contributed by atoms with van der Waals surface area (Å²) in [5.41, 5.74) is 2.91. The Morgan fingerprint density at radius 2 is 1.75 bits per heavy atom. The first-order valence-electron chi connectivity index (χ1n) is 8.41. The molecule has 0 saturated heterocycles. The largest absolute Gasteiger partial charge is 0.507 e. The third-order valence-corrected chi connectivity index (χ3v) is 4.83. The van der Waals surface area contributed by atoms with Crippen molar-refractivity contribution in [2.75, 3.05) is 0 Å². The molecular weight excluding hydrogens is 440 g/mol. The topological polar surface area (TPSA) is 63.3 Å². The second-order valence-electron chi connectivity index (χ2n) is 5.98. The number of aromatic nitrogens is 3. The van der Waals surface area contributed by atoms with Gasteiger partial charge in [-0.05, 0) is 42.5 Å². The van der Waals surface area contributed by atoms with E-state index in [4.69, 9.17) is 11.6 Å². The van der Waals surface area contributed by atoms with Crippen LogP contribution in [0.1, 0.15) is 5.56 Å². The van der Waals surface area contributed by atoms with Gasteiger partial charge in [0.25, 0.3) is 0 Å². The Morgan fingerprint density at radius 3 is 2.46 bits per heavy atom. The van der Waals surface area contributed by atoms with Gasteiger partial charge in [0.05, 0.1) is 5.69 Å². The summed E-state index contributed by atoms with van der Waals surface area (Å²) in [4.78, 5) is 4.61. The molecule has 0 bridgehead atoms. The Balaban J connectivity index is 1.83. The molecule has 0 aliphatic rings. The van der Waals surface area contributed by atoms with Gasteiger partial charge >= 0.3 is 0 Å². The van der Waals surface area contributed by atoms with E-state index in [2.05, 4.69) is 31.2 Å². The molecule has 1 aromatic heterocycles. The van der Waals surface area contributed by atoms with Crippen LogP contribution in [-0.2, 0) is 0 Å². The molecule has 0 amide bonds. The number of phenols is 1. The standard InChI is InChI=1S/C21H14BrClN4O/c22-16-7-6-15(19(28)12-16)13-24-21-20(14-4-2-1-3-5-14)25-26-27(21)18-10-8-17(23)9-11-18/h1-13,28H/b24-13+. The molecule has 5 nitrogen and oxygen atoms in total. The highest BCUT2D eigenvalue weighted by Crippen LogP contribution is 2.31. The molecule has 138 valence electrons. The first kappa shape index (κ1) is 18.4. The summed E-state index contributed by atoms with van der Waals surface area (Å²) in [6.45, 7) is 0. The fourth-order valence-electron chi connectivity index (χ4n) is 2.69. The van der Waals surface area contributed by atoms with E-state index in [1.54, 1.807) is 35.2 Å². The van der Waals surface area contributed by atoms with Crippen LogP contribution in [0.5, 0.6) is 5.75 Å². The average molecular weight is 454 g/mol. The number of aromatic hydroxyl groups is 1. The monoisotopic (exact) mass is 452 g/mol. The summed E-state index contributed by atoms with van der Waals surface area (Å²) in [5.74, 6) is 0.681. The summed E-state index contributed by atoms with van der Waals surface area (Å²) in [6, 6.07) is 22.2. The molecule has 7 heteroatoms. The predicted molar refractivity (Wildman–Crippen MR) is 115 cm³/mol. The number of benzene rings is 3. The summed E-state index contributed by atoms with van der Waals surface area (Å²) in [6.07, 6.45) is 1.60. The van der Waals surface area contributed by atoms with E-state index in [1.165, 1.54) is 0 Å². The molecule has 0 aliphatic heterocycles. The van der Waals surface area contributed by atoms with Crippen molar-refractivity contribution in [3.05, 3.63) is 87.9 Å². The van der Waals surface area contributed by atoms with E-state index in [1.807, 2.05) is 48.5 Å². The number of halogens is 2. The lowest BCUT2D eigenvalue weighted by Gasteiger charge is -2.05. The fourth-order valence-corrected chi connectivity index (χ4v) is 3.16. The van der Waals surface area contributed by atoms with Crippen LogP contribution in [0.4, 0.5) is 5.82 Å². The molecule has 0 aliphatic carbocycles. The second-order valence-corrected chi connectivity index (χ2v) is 7.33. The fraction of sp³-hybridized carbons (Fsp3) is 0. The van der Waals surface area contributed by atoms with Gasteiger partial charge < -0.3 is 5.11 Å². The molecular formula is C21H14BrClN4O. The first-order valence-corrected chi connectivity index (χ1v) is 9.58. The molecule has 4 aromatic rings. The van der Waals surface area contributed by atoms with Crippen molar-refractivity contribution < 1.29 is 5.11 Å². The quantitative estimate of drug-likeness (QED) is 0.397. The molecule has 0 spiro atoms. The van der Waals surface area contributed by atoms with E-state index in [9.17, 15) is 5.11 Å². The minimum absolute atomic E-state index is 0.130. The van der Waals surface area contributed by atoms with Crippen LogP contribution in [-0.4, -0.2) is 26.3 Å². The maximum Gasteiger partial charge on any atom is 0.184 e. The zero-order chi connectivity index (χ0) is 19.5. The van der Waals surface area contributed by atoms with Crippen LogP contribution in [0.15, 0.2) is 82.3 Å². The third kappa shape index (κ3) is 3.83. The van der Waals surface area contributed by atoms with E-state index < -0.39 is 0 Å². The van der Waals surface area contributed by atoms with Gasteiger partial charge in [-0.2, -0.15) is 4.68 Å². The predicted octanol–water partition coefficient (Wildman–Crippen LogP) is 5.81. The number of rotatable bonds is 4. The molecule has 0 atom stereocenters. The Morgan fingerprint density at radius 1 is 1.00 bits per heavy atom. The van der Waals surface area contributed by atoms with Crippen LogP contribution in [0.3, 0.4) is 0 Å². The SMILES string of the molecule is Oc1cc(Br)ccc1/C=N/c1c(-c2ccccc2)nnn1-c1ccc(Cl)cc1. The number of hydrogen-bond acceptors (Lipinski definition) is 4. The number of phenolic OH excluding ortho intramolecular Hbond substituents is 1. The normalized spacial score (nSPS) is 11.2. The van der Waals surface area contributed by atoms with Crippen molar-refractivity contribution in [1.82, 2.24) is 15.0 Å². The Labute approximate surface area is 175 Å². The van der Waals surface area contributed by atoms with E-state index >= 15 is 0 Å². The van der Waals surface area contributed by atoms with Crippen molar-refractivity contribution in [3.63, 3.8) is 0 Å². The van der Waals surface area contributed by atoms with Gasteiger partial charge in [-0.3, -0.25) is 0 Å². The third-order valence-electron chi connectivity index (χ3n) is 4.08. The maximum atomic E-state index is 10.1. The highest BCUT2D eigenvalue weighted by Gasteiger charge is 2.15.